The van der Waals surface area contributed by atoms with Crippen molar-refractivity contribution in [2.24, 2.45) is 0 Å². The van der Waals surface area contributed by atoms with E-state index in [0.717, 1.165) is 15.3 Å². The van der Waals surface area contributed by atoms with E-state index in [1.54, 1.807) is 0 Å². The van der Waals surface area contributed by atoms with Crippen LogP contribution in [-0.2, 0) is 0 Å². The Labute approximate surface area is 119 Å². The molecule has 0 bridgehead atoms. The number of hydrogen-bond donors (Lipinski definition) is 1. The van der Waals surface area contributed by atoms with Crippen LogP contribution in [-0.4, -0.2) is 35.1 Å². The van der Waals surface area contributed by atoms with Crippen molar-refractivity contribution in [2.45, 2.75) is 40.2 Å². The van der Waals surface area contributed by atoms with E-state index in [2.05, 4.69) is 11.8 Å². The van der Waals surface area contributed by atoms with Crippen molar-refractivity contribution < 1.29 is 9.90 Å². The molecule has 1 aromatic rings. The topological polar surface area (TPSA) is 40.5 Å². The molecule has 0 saturated heterocycles. The molecule has 0 aliphatic heterocycles. The van der Waals surface area contributed by atoms with E-state index in [1.807, 2.05) is 38.7 Å². The van der Waals surface area contributed by atoms with E-state index in [0.29, 0.717) is 13.0 Å². The summed E-state index contributed by atoms with van der Waals surface area (Å²) < 4.78 is 0. The van der Waals surface area contributed by atoms with Crippen molar-refractivity contribution in [3.8, 4) is 11.8 Å². The number of amides is 1. The van der Waals surface area contributed by atoms with Crippen LogP contribution in [0, 0.1) is 18.8 Å². The summed E-state index contributed by atoms with van der Waals surface area (Å²) in [6.07, 6.45) is 0.466. The highest BCUT2D eigenvalue weighted by molar-refractivity contribution is 7.14. The summed E-state index contributed by atoms with van der Waals surface area (Å²) in [6, 6.07) is 2.10. The van der Waals surface area contributed by atoms with Crippen LogP contribution in [0.4, 0.5) is 0 Å². The lowest BCUT2D eigenvalue weighted by molar-refractivity contribution is 0.0722. The minimum absolute atomic E-state index is 0.0696. The van der Waals surface area contributed by atoms with Crippen LogP contribution in [0.5, 0.6) is 0 Å². The Bertz CT molecular complexity index is 494. The second-order valence-corrected chi connectivity index (χ2v) is 5.64. The van der Waals surface area contributed by atoms with Crippen LogP contribution in [0.1, 0.15) is 47.3 Å². The average molecular weight is 279 g/mol. The third-order valence-electron chi connectivity index (χ3n) is 2.79. The number of hydrogen-bond acceptors (Lipinski definition) is 3. The van der Waals surface area contributed by atoms with Crippen LogP contribution in [0.2, 0.25) is 0 Å². The van der Waals surface area contributed by atoms with Crippen molar-refractivity contribution in [3.05, 3.63) is 21.4 Å². The fourth-order valence-electron chi connectivity index (χ4n) is 1.80. The molecule has 0 saturated carbocycles. The first kappa shape index (κ1) is 15.7. The highest BCUT2D eigenvalue weighted by atomic mass is 32.1. The quantitative estimate of drug-likeness (QED) is 0.861. The number of nitrogens with zero attached hydrogens (tertiary/aromatic N) is 1. The maximum Gasteiger partial charge on any atom is 0.264 e. The monoisotopic (exact) mass is 279 g/mol. The van der Waals surface area contributed by atoms with E-state index in [1.165, 1.54) is 11.3 Å². The fraction of sp³-hybridized carbons (Fsp3) is 0.533. The van der Waals surface area contributed by atoms with Crippen molar-refractivity contribution >= 4 is 17.2 Å². The number of aliphatic hydroxyl groups excluding tert-OH is 1. The summed E-state index contributed by atoms with van der Waals surface area (Å²) in [4.78, 5) is 15.9. The molecule has 1 N–H and O–H groups in total. The summed E-state index contributed by atoms with van der Waals surface area (Å²) in [5.74, 6) is 5.98. The van der Waals surface area contributed by atoms with Gasteiger partial charge >= 0.3 is 0 Å². The lowest BCUT2D eigenvalue weighted by atomic mass is 10.2. The first-order chi connectivity index (χ1) is 9.01. The Kier molecular flexibility index (Phi) is 6.07. The molecule has 0 fully saturated rings. The lowest BCUT2D eigenvalue weighted by Crippen LogP contribution is -2.36. The molecule has 0 aliphatic rings. The van der Waals surface area contributed by atoms with Crippen LogP contribution < -0.4 is 0 Å². The van der Waals surface area contributed by atoms with Crippen molar-refractivity contribution in [2.75, 3.05) is 13.2 Å². The number of aliphatic hydroxyl groups is 1. The molecule has 1 aromatic heterocycles. The normalized spacial score (nSPS) is 10.2. The maximum absolute atomic E-state index is 12.4. The van der Waals surface area contributed by atoms with Gasteiger partial charge in [0.25, 0.3) is 5.91 Å². The van der Waals surface area contributed by atoms with Gasteiger partial charge in [-0.1, -0.05) is 11.8 Å². The maximum atomic E-state index is 12.4. The number of rotatable bonds is 4. The van der Waals surface area contributed by atoms with Gasteiger partial charge in [-0.3, -0.25) is 4.79 Å². The minimum atomic E-state index is 0.0696. The van der Waals surface area contributed by atoms with E-state index in [9.17, 15) is 4.79 Å². The second-order valence-electron chi connectivity index (χ2n) is 4.58. The number of aryl methyl sites for hydroxylation is 1. The van der Waals surface area contributed by atoms with Crippen LogP contribution in [0.25, 0.3) is 0 Å². The predicted octanol–water partition coefficient (Wildman–Crippen LogP) is 2.66. The molecule has 1 amide bonds. The van der Waals surface area contributed by atoms with Gasteiger partial charge in [-0.15, -0.1) is 11.3 Å². The third-order valence-corrected chi connectivity index (χ3v) is 3.93. The number of carbonyl (C=O) groups is 1. The molecule has 19 heavy (non-hydrogen) atoms. The Morgan fingerprint density at radius 2 is 2.21 bits per heavy atom. The predicted molar refractivity (Wildman–Crippen MR) is 79.5 cm³/mol. The molecular weight excluding hydrogens is 258 g/mol. The molecule has 1 heterocycles. The Morgan fingerprint density at radius 3 is 2.74 bits per heavy atom. The first-order valence-corrected chi connectivity index (χ1v) is 7.34. The molecule has 0 spiro atoms. The molecule has 0 aliphatic carbocycles. The summed E-state index contributed by atoms with van der Waals surface area (Å²) >= 11 is 1.43. The van der Waals surface area contributed by atoms with Gasteiger partial charge in [-0.05, 0) is 39.3 Å². The molecular formula is C15H21NO2S. The minimum Gasteiger partial charge on any atom is -0.395 e. The number of carbonyl (C=O) groups excluding carboxylic acids is 1. The zero-order chi connectivity index (χ0) is 14.4. The molecule has 3 nitrogen and oxygen atoms in total. The van der Waals surface area contributed by atoms with E-state index < -0.39 is 0 Å². The second kappa shape index (κ2) is 7.32. The molecule has 0 aromatic carbocycles. The summed E-state index contributed by atoms with van der Waals surface area (Å²) in [5.41, 5.74) is 1.03. The van der Waals surface area contributed by atoms with Crippen molar-refractivity contribution in [1.29, 1.82) is 0 Å². The largest absolute Gasteiger partial charge is 0.395 e. The summed E-state index contributed by atoms with van der Waals surface area (Å²) in [7, 11) is 0. The Balaban J connectivity index is 2.95. The number of thiophene rings is 1. The molecule has 4 heteroatoms. The van der Waals surface area contributed by atoms with Gasteiger partial charge in [-0.25, -0.2) is 0 Å². The van der Waals surface area contributed by atoms with Crippen LogP contribution >= 0.6 is 11.3 Å². The third kappa shape index (κ3) is 4.09. The highest BCUT2D eigenvalue weighted by Crippen LogP contribution is 2.23. The van der Waals surface area contributed by atoms with Crippen molar-refractivity contribution in [3.63, 3.8) is 0 Å². The molecule has 1 rings (SSSR count). The van der Waals surface area contributed by atoms with Gasteiger partial charge in [0.1, 0.15) is 0 Å². The van der Waals surface area contributed by atoms with Crippen molar-refractivity contribution in [1.82, 2.24) is 4.90 Å². The molecule has 0 radical (unpaired) electrons. The highest BCUT2D eigenvalue weighted by Gasteiger charge is 2.19. The first-order valence-electron chi connectivity index (χ1n) is 6.52. The SMILES string of the molecule is CCN(C(=O)c1cc(C)c(C#CCCO)s1)C(C)C. The smallest absolute Gasteiger partial charge is 0.264 e. The molecule has 0 atom stereocenters. The van der Waals surface area contributed by atoms with Gasteiger partial charge < -0.3 is 10.0 Å². The van der Waals surface area contributed by atoms with Gasteiger partial charge in [-0.2, -0.15) is 0 Å². The van der Waals surface area contributed by atoms with Crippen LogP contribution in [0.15, 0.2) is 6.07 Å². The zero-order valence-electron chi connectivity index (χ0n) is 12.0. The van der Waals surface area contributed by atoms with Gasteiger partial charge in [0.05, 0.1) is 16.4 Å². The summed E-state index contributed by atoms with van der Waals surface area (Å²) in [5, 5.41) is 8.71. The average Bonchev–Trinajstić information content (AvgIpc) is 2.72. The molecule has 0 unspecified atom stereocenters. The molecule has 104 valence electrons. The summed E-state index contributed by atoms with van der Waals surface area (Å²) in [6.45, 7) is 8.76. The van der Waals surface area contributed by atoms with Gasteiger partial charge in [0.15, 0.2) is 0 Å². The fourth-order valence-corrected chi connectivity index (χ4v) is 2.80. The van der Waals surface area contributed by atoms with E-state index in [-0.39, 0.29) is 18.6 Å². The standard InChI is InChI=1S/C15H21NO2S/c1-5-16(11(2)3)15(18)14-10-12(4)13(19-14)8-6-7-9-17/h10-11,17H,5,7,9H2,1-4H3. The van der Waals surface area contributed by atoms with Gasteiger partial charge in [0.2, 0.25) is 0 Å². The Hall–Kier alpha value is -1.31. The van der Waals surface area contributed by atoms with Gasteiger partial charge in [0, 0.05) is 19.0 Å². The van der Waals surface area contributed by atoms with E-state index >= 15 is 0 Å². The Morgan fingerprint density at radius 1 is 1.53 bits per heavy atom. The zero-order valence-corrected chi connectivity index (χ0v) is 12.8. The van der Waals surface area contributed by atoms with Crippen LogP contribution in [0.3, 0.4) is 0 Å². The lowest BCUT2D eigenvalue weighted by Gasteiger charge is -2.24. The van der Waals surface area contributed by atoms with E-state index in [4.69, 9.17) is 5.11 Å².